The van der Waals surface area contributed by atoms with Gasteiger partial charge < -0.3 is 15.5 Å². The number of hydroxylamine groups is 2. The van der Waals surface area contributed by atoms with Crippen LogP contribution in [0.15, 0.2) is 29.6 Å². The molecule has 1 aliphatic carbocycles. The van der Waals surface area contributed by atoms with Crippen LogP contribution in [0.5, 0.6) is 0 Å². The summed E-state index contributed by atoms with van der Waals surface area (Å²) in [6, 6.07) is -0.250. The number of hydrogen-bond donors (Lipinski definition) is 1. The van der Waals surface area contributed by atoms with Gasteiger partial charge in [0.1, 0.15) is 0 Å². The van der Waals surface area contributed by atoms with Gasteiger partial charge in [-0.15, -0.1) is 0 Å². The number of aliphatic hydroxyl groups excluding tert-OH is 1. The monoisotopic (exact) mass is 295 g/mol. The van der Waals surface area contributed by atoms with Crippen LogP contribution in [0, 0.1) is 22.0 Å². The Morgan fingerprint density at radius 3 is 2.95 bits per heavy atom. The fourth-order valence-corrected chi connectivity index (χ4v) is 3.13. The summed E-state index contributed by atoms with van der Waals surface area (Å²) >= 11 is 0. The maximum absolute atomic E-state index is 11.6. The molecule has 5 atom stereocenters. The van der Waals surface area contributed by atoms with Crippen LogP contribution in [0.4, 0.5) is 0 Å². The first-order valence-corrected chi connectivity index (χ1v) is 7.58. The van der Waals surface area contributed by atoms with Crippen LogP contribution in [-0.4, -0.2) is 28.6 Å². The Balaban J connectivity index is 2.11. The average Bonchev–Trinajstić information content (AvgIpc) is 2.87. The molecule has 1 fully saturated rings. The predicted molar refractivity (Wildman–Crippen MR) is 79.7 cm³/mol. The fraction of sp³-hybridized carbons (Fsp3) is 0.733. The lowest BCUT2D eigenvalue weighted by Crippen LogP contribution is -2.23. The van der Waals surface area contributed by atoms with Crippen LogP contribution in [0.2, 0.25) is 0 Å². The number of nitrogens with zero attached hydrogens (tertiary/aromatic N) is 2. The van der Waals surface area contributed by atoms with Gasteiger partial charge in [0.2, 0.25) is 0 Å². The van der Waals surface area contributed by atoms with Crippen LogP contribution >= 0.6 is 0 Å². The standard InChI is InChI=1S/C15H23N2O4/c1-11-5-3-2-4-6-12-9-13(16-19)10-14(12)15(18)7-8-17(20)21-11/h4,6-8,11-15,18H,2-3,5,9-10H2,1H3/q-1/b6-4+,8-7?/t11-,12+,13-,14+,15+/m0/s1. The molecule has 0 aromatic rings. The van der Waals surface area contributed by atoms with E-state index in [0.29, 0.717) is 18.1 Å². The third-order valence-corrected chi connectivity index (χ3v) is 4.28. The lowest BCUT2D eigenvalue weighted by molar-refractivity contribution is -0.127. The molecule has 2 aliphatic rings. The summed E-state index contributed by atoms with van der Waals surface area (Å²) in [4.78, 5) is 15.9. The van der Waals surface area contributed by atoms with Crippen molar-refractivity contribution in [2.75, 3.05) is 0 Å². The third kappa shape index (κ3) is 4.62. The predicted octanol–water partition coefficient (Wildman–Crippen LogP) is 2.88. The maximum Gasteiger partial charge on any atom is 0.0929 e. The highest BCUT2D eigenvalue weighted by Gasteiger charge is 2.36. The molecule has 0 radical (unpaired) electrons. The highest BCUT2D eigenvalue weighted by Crippen LogP contribution is 2.37. The Labute approximate surface area is 125 Å². The van der Waals surface area contributed by atoms with E-state index in [-0.39, 0.29) is 24.0 Å². The highest BCUT2D eigenvalue weighted by atomic mass is 16.9. The van der Waals surface area contributed by atoms with E-state index >= 15 is 0 Å². The van der Waals surface area contributed by atoms with Crippen molar-refractivity contribution >= 4 is 0 Å². The van der Waals surface area contributed by atoms with Gasteiger partial charge in [-0.1, -0.05) is 17.3 Å². The molecule has 0 aromatic heterocycles. The van der Waals surface area contributed by atoms with Gasteiger partial charge >= 0.3 is 0 Å². The van der Waals surface area contributed by atoms with E-state index < -0.39 is 6.10 Å². The van der Waals surface area contributed by atoms with Crippen molar-refractivity contribution in [1.29, 1.82) is 0 Å². The van der Waals surface area contributed by atoms with Crippen molar-refractivity contribution in [2.45, 2.75) is 57.3 Å². The van der Waals surface area contributed by atoms with Crippen LogP contribution < -0.4 is 0 Å². The normalized spacial score (nSPS) is 39.8. The van der Waals surface area contributed by atoms with Gasteiger partial charge in [-0.05, 0) is 56.9 Å². The molecule has 6 nitrogen and oxygen atoms in total. The smallest absolute Gasteiger partial charge is 0.0929 e. The molecule has 0 amide bonds. The van der Waals surface area contributed by atoms with Crippen LogP contribution in [0.1, 0.15) is 39.0 Å². The first kappa shape index (κ1) is 16.1. The minimum Gasteiger partial charge on any atom is -0.734 e. The third-order valence-electron chi connectivity index (χ3n) is 4.28. The van der Waals surface area contributed by atoms with Crippen molar-refractivity contribution in [2.24, 2.45) is 17.0 Å². The fourth-order valence-electron chi connectivity index (χ4n) is 3.13. The second kappa shape index (κ2) is 7.68. The molecule has 21 heavy (non-hydrogen) atoms. The van der Waals surface area contributed by atoms with Gasteiger partial charge in [-0.25, -0.2) is 0 Å². The number of fused-ring (bicyclic) bond motifs is 1. The first-order valence-electron chi connectivity index (χ1n) is 7.58. The summed E-state index contributed by atoms with van der Waals surface area (Å²) in [7, 11) is 0. The summed E-state index contributed by atoms with van der Waals surface area (Å²) in [5.41, 5.74) is 0. The molecule has 1 N–H and O–H groups in total. The van der Waals surface area contributed by atoms with E-state index in [2.05, 4.69) is 17.3 Å². The minimum atomic E-state index is -0.775. The first-order chi connectivity index (χ1) is 10.1. The molecular formula is C15H23N2O4-. The van der Waals surface area contributed by atoms with Crippen LogP contribution in [0.3, 0.4) is 0 Å². The molecule has 6 heteroatoms. The maximum atomic E-state index is 11.6. The SMILES string of the molecule is C[C@H]1CCC/C=C/[C@@H]2C[C@H](N=O)C[C@H]2[C@H](O)C=CN([O-])O1. The van der Waals surface area contributed by atoms with Crippen molar-refractivity contribution in [3.8, 4) is 0 Å². The average molecular weight is 295 g/mol. The van der Waals surface area contributed by atoms with Gasteiger partial charge in [0.25, 0.3) is 0 Å². The summed E-state index contributed by atoms with van der Waals surface area (Å²) in [5.74, 6) is 0.0540. The van der Waals surface area contributed by atoms with E-state index in [1.54, 1.807) is 0 Å². The highest BCUT2D eigenvalue weighted by molar-refractivity contribution is 5.05. The van der Waals surface area contributed by atoms with E-state index in [9.17, 15) is 15.2 Å². The Hall–Kier alpha value is -1.24. The number of aliphatic hydroxyl groups is 1. The zero-order valence-corrected chi connectivity index (χ0v) is 12.3. The molecule has 1 heterocycles. The quantitative estimate of drug-likeness (QED) is 0.594. The Bertz CT molecular complexity index is 399. The second-order valence-electron chi connectivity index (χ2n) is 5.95. The molecule has 118 valence electrons. The Morgan fingerprint density at radius 2 is 2.19 bits per heavy atom. The Morgan fingerprint density at radius 1 is 1.38 bits per heavy atom. The minimum absolute atomic E-state index is 0.0771. The molecule has 0 unspecified atom stereocenters. The van der Waals surface area contributed by atoms with Crippen LogP contribution in [-0.2, 0) is 4.84 Å². The van der Waals surface area contributed by atoms with Crippen molar-refractivity contribution in [1.82, 2.24) is 5.23 Å². The lowest BCUT2D eigenvalue weighted by Gasteiger charge is -2.29. The summed E-state index contributed by atoms with van der Waals surface area (Å²) < 4.78 is 0. The lowest BCUT2D eigenvalue weighted by atomic mass is 9.90. The van der Waals surface area contributed by atoms with E-state index in [1.807, 2.05) is 6.92 Å². The van der Waals surface area contributed by atoms with Crippen molar-refractivity contribution in [3.63, 3.8) is 0 Å². The Kier molecular flexibility index (Phi) is 5.90. The number of nitroso groups, excluding NO2 is 1. The molecule has 1 aliphatic heterocycles. The molecule has 0 bridgehead atoms. The van der Waals surface area contributed by atoms with Gasteiger partial charge in [0.15, 0.2) is 0 Å². The summed E-state index contributed by atoms with van der Waals surface area (Å²) in [6.07, 6.45) is 9.77. The van der Waals surface area contributed by atoms with Gasteiger partial charge in [0, 0.05) is 6.20 Å². The van der Waals surface area contributed by atoms with E-state index in [1.165, 1.54) is 12.3 Å². The number of rotatable bonds is 1. The van der Waals surface area contributed by atoms with Crippen LogP contribution in [0.25, 0.3) is 0 Å². The topological polar surface area (TPSA) is 85.2 Å². The van der Waals surface area contributed by atoms with E-state index in [0.717, 1.165) is 19.3 Å². The molecule has 0 spiro atoms. The number of hydrogen-bond acceptors (Lipinski definition) is 6. The second-order valence-corrected chi connectivity index (χ2v) is 5.95. The van der Waals surface area contributed by atoms with Gasteiger partial charge in [-0.3, -0.25) is 4.84 Å². The molecule has 2 rings (SSSR count). The van der Waals surface area contributed by atoms with Gasteiger partial charge in [-0.2, -0.15) is 4.91 Å². The molecule has 0 saturated heterocycles. The van der Waals surface area contributed by atoms with Crippen molar-refractivity contribution in [3.05, 3.63) is 34.5 Å². The van der Waals surface area contributed by atoms with Gasteiger partial charge in [0.05, 0.1) is 18.2 Å². The summed E-state index contributed by atoms with van der Waals surface area (Å²) in [6.45, 7) is 1.85. The zero-order valence-electron chi connectivity index (χ0n) is 12.3. The zero-order chi connectivity index (χ0) is 15.2. The number of allylic oxidation sites excluding steroid dienone is 2. The molecule has 1 saturated carbocycles. The van der Waals surface area contributed by atoms with Crippen molar-refractivity contribution < 1.29 is 9.94 Å². The van der Waals surface area contributed by atoms with E-state index in [4.69, 9.17) is 4.84 Å². The summed E-state index contributed by atoms with van der Waals surface area (Å²) in [5, 5.41) is 25.3. The largest absolute Gasteiger partial charge is 0.734 e. The molecule has 0 aromatic carbocycles. The molecular weight excluding hydrogens is 272 g/mol.